The number of hydrogen-bond donors (Lipinski definition) is 1. The SMILES string of the molecule is CN(C)C(=O)C1(Nc2ccnn2C)CCN(Cc2ccc(F)c(F)c2)CC1. The van der Waals surface area contributed by atoms with Crippen molar-refractivity contribution < 1.29 is 13.6 Å². The Balaban J connectivity index is 1.72. The fraction of sp³-hybridized carbons (Fsp3) is 0.474. The Morgan fingerprint density at radius 2 is 1.93 bits per heavy atom. The van der Waals surface area contributed by atoms with Crippen molar-refractivity contribution in [3.63, 3.8) is 0 Å². The summed E-state index contributed by atoms with van der Waals surface area (Å²) in [5.41, 5.74) is 0.0156. The minimum absolute atomic E-state index is 0.0242. The van der Waals surface area contributed by atoms with E-state index in [1.54, 1.807) is 35.9 Å². The fourth-order valence-corrected chi connectivity index (χ4v) is 3.55. The molecule has 0 aliphatic carbocycles. The van der Waals surface area contributed by atoms with E-state index in [4.69, 9.17) is 0 Å². The van der Waals surface area contributed by atoms with Gasteiger partial charge in [-0.15, -0.1) is 0 Å². The number of nitrogens with zero attached hydrogens (tertiary/aromatic N) is 4. The van der Waals surface area contributed by atoms with E-state index in [-0.39, 0.29) is 5.91 Å². The summed E-state index contributed by atoms with van der Waals surface area (Å²) in [6.07, 6.45) is 2.91. The monoisotopic (exact) mass is 377 g/mol. The van der Waals surface area contributed by atoms with Gasteiger partial charge in [0.05, 0.1) is 6.20 Å². The molecule has 0 unspecified atom stereocenters. The topological polar surface area (TPSA) is 53.4 Å². The van der Waals surface area contributed by atoms with Gasteiger partial charge in [0.2, 0.25) is 5.91 Å². The molecule has 8 heteroatoms. The van der Waals surface area contributed by atoms with Gasteiger partial charge in [0.1, 0.15) is 11.4 Å². The molecule has 0 radical (unpaired) electrons. The standard InChI is InChI=1S/C19H25F2N5O/c1-24(2)18(27)19(23-17-6-9-22-25(17)3)7-10-26(11-8-19)13-14-4-5-15(20)16(21)12-14/h4-6,9,12,23H,7-8,10-11,13H2,1-3H3. The van der Waals surface area contributed by atoms with Crippen LogP contribution in [0.1, 0.15) is 18.4 Å². The highest BCUT2D eigenvalue weighted by Crippen LogP contribution is 2.29. The molecule has 1 aliphatic rings. The average molecular weight is 377 g/mol. The van der Waals surface area contributed by atoms with Gasteiger partial charge in [-0.1, -0.05) is 6.07 Å². The van der Waals surface area contributed by atoms with E-state index in [0.29, 0.717) is 32.5 Å². The van der Waals surface area contributed by atoms with E-state index < -0.39 is 17.2 Å². The van der Waals surface area contributed by atoms with Gasteiger partial charge in [-0.3, -0.25) is 14.4 Å². The number of likely N-dealkylation sites (N-methyl/N-ethyl adjacent to an activating group) is 1. The average Bonchev–Trinajstić information content (AvgIpc) is 3.04. The number of halogens is 2. The Labute approximate surface area is 157 Å². The zero-order chi connectivity index (χ0) is 19.6. The lowest BCUT2D eigenvalue weighted by Crippen LogP contribution is -2.58. The predicted octanol–water partition coefficient (Wildman–Crippen LogP) is 2.23. The van der Waals surface area contributed by atoms with E-state index in [0.717, 1.165) is 17.4 Å². The third kappa shape index (κ3) is 4.10. The fourth-order valence-electron chi connectivity index (χ4n) is 3.55. The Morgan fingerprint density at radius 3 is 2.48 bits per heavy atom. The smallest absolute Gasteiger partial charge is 0.247 e. The number of likely N-dealkylation sites (tertiary alicyclic amines) is 1. The number of aryl methyl sites for hydroxylation is 1. The normalized spacial score (nSPS) is 16.9. The van der Waals surface area contributed by atoms with Gasteiger partial charge in [0.25, 0.3) is 0 Å². The number of benzene rings is 1. The third-order valence-corrected chi connectivity index (χ3v) is 5.10. The van der Waals surface area contributed by atoms with Gasteiger partial charge in [-0.2, -0.15) is 5.10 Å². The van der Waals surface area contributed by atoms with Crippen LogP contribution in [0.25, 0.3) is 0 Å². The van der Waals surface area contributed by atoms with E-state index in [1.165, 1.54) is 6.07 Å². The molecular formula is C19H25F2N5O. The van der Waals surface area contributed by atoms with Gasteiger partial charge < -0.3 is 10.2 Å². The van der Waals surface area contributed by atoms with Gasteiger partial charge >= 0.3 is 0 Å². The first-order chi connectivity index (χ1) is 12.8. The van der Waals surface area contributed by atoms with Crippen LogP contribution < -0.4 is 5.32 Å². The minimum atomic E-state index is -0.839. The molecule has 1 saturated heterocycles. The number of amides is 1. The summed E-state index contributed by atoms with van der Waals surface area (Å²) in [6.45, 7) is 1.86. The lowest BCUT2D eigenvalue weighted by Gasteiger charge is -2.42. The third-order valence-electron chi connectivity index (χ3n) is 5.10. The number of rotatable bonds is 5. The molecule has 2 heterocycles. The molecule has 146 valence electrons. The van der Waals surface area contributed by atoms with E-state index >= 15 is 0 Å². The first kappa shape index (κ1) is 19.3. The lowest BCUT2D eigenvalue weighted by molar-refractivity contribution is -0.135. The lowest BCUT2D eigenvalue weighted by atomic mass is 9.85. The number of anilines is 1. The van der Waals surface area contributed by atoms with Crippen molar-refractivity contribution in [2.24, 2.45) is 7.05 Å². The predicted molar refractivity (Wildman–Crippen MR) is 99.1 cm³/mol. The highest BCUT2D eigenvalue weighted by atomic mass is 19.2. The van der Waals surface area contributed by atoms with Crippen LogP contribution in [0.15, 0.2) is 30.5 Å². The van der Waals surface area contributed by atoms with Crippen LogP contribution in [0.3, 0.4) is 0 Å². The first-order valence-corrected chi connectivity index (χ1v) is 8.95. The second kappa shape index (κ2) is 7.64. The molecule has 0 spiro atoms. The second-order valence-corrected chi connectivity index (χ2v) is 7.27. The number of carbonyl (C=O) groups is 1. The molecule has 2 aromatic rings. The summed E-state index contributed by atoms with van der Waals surface area (Å²) < 4.78 is 28.3. The van der Waals surface area contributed by atoms with Crippen molar-refractivity contribution >= 4 is 11.7 Å². The van der Waals surface area contributed by atoms with Crippen molar-refractivity contribution in [1.29, 1.82) is 0 Å². The molecule has 1 aliphatic heterocycles. The van der Waals surface area contributed by atoms with Crippen LogP contribution in [0.2, 0.25) is 0 Å². The van der Waals surface area contributed by atoms with Crippen molar-refractivity contribution in [2.75, 3.05) is 32.5 Å². The zero-order valence-electron chi connectivity index (χ0n) is 15.9. The van der Waals surface area contributed by atoms with Gasteiger partial charge in [0, 0.05) is 46.8 Å². The summed E-state index contributed by atoms with van der Waals surface area (Å²) in [6, 6.07) is 5.83. The summed E-state index contributed by atoms with van der Waals surface area (Å²) in [4.78, 5) is 16.7. The van der Waals surface area contributed by atoms with Crippen molar-refractivity contribution in [1.82, 2.24) is 19.6 Å². The maximum atomic E-state index is 13.4. The Kier molecular flexibility index (Phi) is 5.46. The minimum Gasteiger partial charge on any atom is -0.356 e. The van der Waals surface area contributed by atoms with Gasteiger partial charge in [-0.05, 0) is 30.5 Å². The highest BCUT2D eigenvalue weighted by Gasteiger charge is 2.42. The molecule has 0 bridgehead atoms. The van der Waals surface area contributed by atoms with Crippen LogP contribution in [-0.2, 0) is 18.4 Å². The maximum absolute atomic E-state index is 13.4. The molecule has 6 nitrogen and oxygen atoms in total. The van der Waals surface area contributed by atoms with E-state index in [2.05, 4.69) is 15.3 Å². The van der Waals surface area contributed by atoms with Crippen LogP contribution in [-0.4, -0.2) is 58.2 Å². The molecule has 1 aromatic heterocycles. The Morgan fingerprint density at radius 1 is 1.22 bits per heavy atom. The number of nitrogens with one attached hydrogen (secondary N) is 1. The molecule has 3 rings (SSSR count). The van der Waals surface area contributed by atoms with E-state index in [1.807, 2.05) is 13.1 Å². The summed E-state index contributed by atoms with van der Waals surface area (Å²) in [5, 5.41) is 7.55. The first-order valence-electron chi connectivity index (χ1n) is 8.95. The van der Waals surface area contributed by atoms with Crippen LogP contribution in [0.5, 0.6) is 0 Å². The molecule has 27 heavy (non-hydrogen) atoms. The molecule has 0 saturated carbocycles. The highest BCUT2D eigenvalue weighted by molar-refractivity contribution is 5.89. The number of piperidine rings is 1. The molecule has 0 atom stereocenters. The summed E-state index contributed by atoms with van der Waals surface area (Å²) in [5.74, 6) is -0.858. The molecule has 1 aromatic carbocycles. The second-order valence-electron chi connectivity index (χ2n) is 7.27. The summed E-state index contributed by atoms with van der Waals surface area (Å²) >= 11 is 0. The molecular weight excluding hydrogens is 352 g/mol. The van der Waals surface area contributed by atoms with E-state index in [9.17, 15) is 13.6 Å². The zero-order valence-corrected chi connectivity index (χ0v) is 15.9. The van der Waals surface area contributed by atoms with Gasteiger partial charge in [-0.25, -0.2) is 8.78 Å². The Hall–Kier alpha value is -2.48. The van der Waals surface area contributed by atoms with Crippen molar-refractivity contribution in [3.05, 3.63) is 47.7 Å². The molecule has 1 amide bonds. The van der Waals surface area contributed by atoms with Crippen LogP contribution >= 0.6 is 0 Å². The van der Waals surface area contributed by atoms with Gasteiger partial charge in [0.15, 0.2) is 11.6 Å². The largest absolute Gasteiger partial charge is 0.356 e. The molecule has 1 N–H and O–H groups in total. The Bertz CT molecular complexity index is 812. The van der Waals surface area contributed by atoms with Crippen molar-refractivity contribution in [2.45, 2.75) is 24.9 Å². The quantitative estimate of drug-likeness (QED) is 0.868. The number of carbonyl (C=O) groups excluding carboxylic acids is 1. The summed E-state index contributed by atoms with van der Waals surface area (Å²) in [7, 11) is 5.33. The number of aromatic nitrogens is 2. The maximum Gasteiger partial charge on any atom is 0.247 e. The van der Waals surface area contributed by atoms with Crippen molar-refractivity contribution in [3.8, 4) is 0 Å². The van der Waals surface area contributed by atoms with Crippen LogP contribution in [0.4, 0.5) is 14.6 Å². The van der Waals surface area contributed by atoms with Crippen LogP contribution in [0, 0.1) is 11.6 Å². The number of hydrogen-bond acceptors (Lipinski definition) is 4. The molecule has 1 fully saturated rings.